The van der Waals surface area contributed by atoms with Crippen LogP contribution in [0.3, 0.4) is 0 Å². The number of nitrogens with zero attached hydrogens (tertiary/aromatic N) is 1. The Kier molecular flexibility index (Phi) is 5.51. The molecule has 0 atom stereocenters. The Bertz CT molecular complexity index is 928. The predicted octanol–water partition coefficient (Wildman–Crippen LogP) is 4.28. The number of amides is 1. The van der Waals surface area contributed by atoms with E-state index in [1.165, 1.54) is 44.7 Å². The third-order valence-electron chi connectivity index (χ3n) is 3.68. The third-order valence-corrected chi connectivity index (χ3v) is 3.68. The molecular weight excluding hydrogens is 351 g/mol. The number of anilines is 1. The van der Waals surface area contributed by atoms with Crippen LogP contribution in [0.4, 0.5) is 10.1 Å². The molecule has 0 saturated heterocycles. The number of hydrogen-bond donors (Lipinski definition) is 1. The van der Waals surface area contributed by atoms with Crippen molar-refractivity contribution in [3.63, 3.8) is 0 Å². The molecule has 0 saturated carbocycles. The SMILES string of the molecule is COc1ccc(C(=O)Nc2ccc(Oc3ccc(F)cc3)nc2)c(OC)c1. The standard InChI is InChI=1S/C20H17FN2O4/c1-25-16-8-9-17(18(11-16)26-2)20(24)23-14-5-10-19(22-12-14)27-15-6-3-13(21)4-7-15/h3-12H,1-2H3,(H,23,24). The molecule has 1 amide bonds. The van der Waals surface area contributed by atoms with Crippen molar-refractivity contribution in [3.05, 3.63) is 72.2 Å². The van der Waals surface area contributed by atoms with Crippen LogP contribution in [-0.2, 0) is 0 Å². The largest absolute Gasteiger partial charge is 0.497 e. The van der Waals surface area contributed by atoms with Gasteiger partial charge in [0.2, 0.25) is 5.88 Å². The van der Waals surface area contributed by atoms with Crippen LogP contribution in [0.1, 0.15) is 10.4 Å². The van der Waals surface area contributed by atoms with Crippen molar-refractivity contribution in [3.8, 4) is 23.1 Å². The summed E-state index contributed by atoms with van der Waals surface area (Å²) < 4.78 is 28.8. The molecule has 138 valence electrons. The van der Waals surface area contributed by atoms with Gasteiger partial charge in [-0.05, 0) is 42.5 Å². The molecule has 0 aliphatic heterocycles. The lowest BCUT2D eigenvalue weighted by molar-refractivity contribution is 0.102. The molecule has 3 rings (SSSR count). The average Bonchev–Trinajstić information content (AvgIpc) is 2.70. The summed E-state index contributed by atoms with van der Waals surface area (Å²) in [7, 11) is 3.02. The lowest BCUT2D eigenvalue weighted by Gasteiger charge is -2.11. The van der Waals surface area contributed by atoms with Gasteiger partial charge in [-0.1, -0.05) is 0 Å². The van der Waals surface area contributed by atoms with Crippen LogP contribution in [0.15, 0.2) is 60.8 Å². The highest BCUT2D eigenvalue weighted by Gasteiger charge is 2.14. The summed E-state index contributed by atoms with van der Waals surface area (Å²) >= 11 is 0. The highest BCUT2D eigenvalue weighted by atomic mass is 19.1. The van der Waals surface area contributed by atoms with Crippen molar-refractivity contribution < 1.29 is 23.4 Å². The van der Waals surface area contributed by atoms with E-state index in [9.17, 15) is 9.18 Å². The summed E-state index contributed by atoms with van der Waals surface area (Å²) in [6, 6.07) is 13.8. The van der Waals surface area contributed by atoms with E-state index in [1.54, 1.807) is 30.3 Å². The van der Waals surface area contributed by atoms with Gasteiger partial charge in [-0.15, -0.1) is 0 Å². The smallest absolute Gasteiger partial charge is 0.259 e. The molecule has 1 N–H and O–H groups in total. The molecule has 7 heteroatoms. The van der Waals surface area contributed by atoms with Gasteiger partial charge in [-0.25, -0.2) is 9.37 Å². The van der Waals surface area contributed by atoms with Crippen LogP contribution < -0.4 is 19.5 Å². The van der Waals surface area contributed by atoms with Crippen molar-refractivity contribution in [2.24, 2.45) is 0 Å². The molecule has 0 aliphatic carbocycles. The second-order valence-electron chi connectivity index (χ2n) is 5.46. The van der Waals surface area contributed by atoms with Crippen LogP contribution >= 0.6 is 0 Å². The Balaban J connectivity index is 1.69. The summed E-state index contributed by atoms with van der Waals surface area (Å²) in [5, 5.41) is 2.74. The van der Waals surface area contributed by atoms with E-state index in [1.807, 2.05) is 0 Å². The summed E-state index contributed by atoms with van der Waals surface area (Å²) in [6.07, 6.45) is 1.47. The number of carbonyl (C=O) groups is 1. The minimum atomic E-state index is -0.345. The zero-order valence-corrected chi connectivity index (χ0v) is 14.7. The van der Waals surface area contributed by atoms with Crippen LogP contribution in [0.5, 0.6) is 23.1 Å². The first-order valence-corrected chi connectivity index (χ1v) is 8.02. The van der Waals surface area contributed by atoms with E-state index in [-0.39, 0.29) is 11.7 Å². The Hall–Kier alpha value is -3.61. The van der Waals surface area contributed by atoms with E-state index in [0.29, 0.717) is 34.4 Å². The number of hydrogen-bond acceptors (Lipinski definition) is 5. The molecule has 1 heterocycles. The number of ether oxygens (including phenoxy) is 3. The van der Waals surface area contributed by atoms with Gasteiger partial charge < -0.3 is 19.5 Å². The monoisotopic (exact) mass is 368 g/mol. The number of methoxy groups -OCH3 is 2. The average molecular weight is 368 g/mol. The van der Waals surface area contributed by atoms with E-state index in [2.05, 4.69) is 10.3 Å². The minimum absolute atomic E-state index is 0.321. The Labute approximate surface area is 155 Å². The lowest BCUT2D eigenvalue weighted by atomic mass is 10.1. The maximum absolute atomic E-state index is 12.9. The maximum Gasteiger partial charge on any atom is 0.259 e. The summed E-state index contributed by atoms with van der Waals surface area (Å²) in [5.41, 5.74) is 0.856. The number of pyridine rings is 1. The van der Waals surface area contributed by atoms with Gasteiger partial charge in [0.1, 0.15) is 23.1 Å². The third kappa shape index (κ3) is 4.52. The van der Waals surface area contributed by atoms with Crippen LogP contribution in [0.2, 0.25) is 0 Å². The first-order valence-electron chi connectivity index (χ1n) is 8.02. The van der Waals surface area contributed by atoms with Crippen molar-refractivity contribution in [1.82, 2.24) is 4.98 Å². The zero-order valence-electron chi connectivity index (χ0n) is 14.7. The fraction of sp³-hybridized carbons (Fsp3) is 0.100. The molecular formula is C20H17FN2O4. The second-order valence-corrected chi connectivity index (χ2v) is 5.46. The molecule has 3 aromatic rings. The number of carbonyl (C=O) groups excluding carboxylic acids is 1. The van der Waals surface area contributed by atoms with Crippen LogP contribution in [-0.4, -0.2) is 25.1 Å². The topological polar surface area (TPSA) is 69.7 Å². The molecule has 0 fully saturated rings. The van der Waals surface area contributed by atoms with E-state index < -0.39 is 0 Å². The van der Waals surface area contributed by atoms with Crippen molar-refractivity contribution in [2.45, 2.75) is 0 Å². The van der Waals surface area contributed by atoms with Gasteiger partial charge in [0.05, 0.1) is 31.7 Å². The summed E-state index contributed by atoms with van der Waals surface area (Å²) in [4.78, 5) is 16.6. The summed E-state index contributed by atoms with van der Waals surface area (Å²) in [5.74, 6) is 1.08. The fourth-order valence-corrected chi connectivity index (χ4v) is 2.32. The fourth-order valence-electron chi connectivity index (χ4n) is 2.32. The first-order chi connectivity index (χ1) is 13.1. The van der Waals surface area contributed by atoms with Gasteiger partial charge in [0, 0.05) is 12.1 Å². The zero-order chi connectivity index (χ0) is 19.2. The van der Waals surface area contributed by atoms with Gasteiger partial charge in [0.25, 0.3) is 5.91 Å². The highest BCUT2D eigenvalue weighted by molar-refractivity contribution is 6.06. The molecule has 0 spiro atoms. The molecule has 0 aliphatic rings. The number of rotatable bonds is 6. The molecule has 27 heavy (non-hydrogen) atoms. The van der Waals surface area contributed by atoms with Crippen molar-refractivity contribution in [1.29, 1.82) is 0 Å². The Morgan fingerprint density at radius 2 is 1.70 bits per heavy atom. The first kappa shape index (κ1) is 18.2. The van der Waals surface area contributed by atoms with Gasteiger partial charge in [0.15, 0.2) is 0 Å². The number of nitrogens with one attached hydrogen (secondary N) is 1. The number of halogens is 1. The van der Waals surface area contributed by atoms with Crippen molar-refractivity contribution >= 4 is 11.6 Å². The van der Waals surface area contributed by atoms with Crippen molar-refractivity contribution in [2.75, 3.05) is 19.5 Å². The predicted molar refractivity (Wildman–Crippen MR) is 98.2 cm³/mol. The van der Waals surface area contributed by atoms with Crippen LogP contribution in [0, 0.1) is 5.82 Å². The van der Waals surface area contributed by atoms with E-state index in [0.717, 1.165) is 0 Å². The molecule has 0 unspecified atom stereocenters. The van der Waals surface area contributed by atoms with E-state index in [4.69, 9.17) is 14.2 Å². The van der Waals surface area contributed by atoms with Gasteiger partial charge >= 0.3 is 0 Å². The normalized spacial score (nSPS) is 10.2. The Morgan fingerprint density at radius 1 is 0.963 bits per heavy atom. The van der Waals surface area contributed by atoms with Crippen LogP contribution in [0.25, 0.3) is 0 Å². The van der Waals surface area contributed by atoms with Gasteiger partial charge in [-0.3, -0.25) is 4.79 Å². The highest BCUT2D eigenvalue weighted by Crippen LogP contribution is 2.26. The number of benzene rings is 2. The molecule has 0 bridgehead atoms. The molecule has 6 nitrogen and oxygen atoms in total. The molecule has 1 aromatic heterocycles. The lowest BCUT2D eigenvalue weighted by Crippen LogP contribution is -2.13. The molecule has 0 radical (unpaired) electrons. The van der Waals surface area contributed by atoms with Gasteiger partial charge in [-0.2, -0.15) is 0 Å². The summed E-state index contributed by atoms with van der Waals surface area (Å²) in [6.45, 7) is 0. The van der Waals surface area contributed by atoms with E-state index >= 15 is 0 Å². The number of aromatic nitrogens is 1. The Morgan fingerprint density at radius 3 is 2.33 bits per heavy atom. The molecule has 2 aromatic carbocycles. The maximum atomic E-state index is 12.9. The quantitative estimate of drug-likeness (QED) is 0.703. The minimum Gasteiger partial charge on any atom is -0.497 e. The second kappa shape index (κ2) is 8.18.